The standard InChI is InChI=1S/C12H11FN2O5/c13-7-3-1-6(2-4-7)10(11(14)16)20-12(17)8-5-9(8)15(18)19/h1-4,8-10H,5H2,(H2,14,16). The highest BCUT2D eigenvalue weighted by Gasteiger charge is 2.55. The number of carbonyl (C=O) groups excluding carboxylic acids is 2. The topological polar surface area (TPSA) is 113 Å². The Morgan fingerprint density at radius 1 is 1.40 bits per heavy atom. The van der Waals surface area contributed by atoms with E-state index in [0.717, 1.165) is 12.1 Å². The van der Waals surface area contributed by atoms with E-state index in [-0.39, 0.29) is 12.0 Å². The Morgan fingerprint density at radius 3 is 2.45 bits per heavy atom. The van der Waals surface area contributed by atoms with E-state index in [1.165, 1.54) is 12.1 Å². The lowest BCUT2D eigenvalue weighted by Crippen LogP contribution is -2.27. The van der Waals surface area contributed by atoms with Gasteiger partial charge in [-0.25, -0.2) is 4.39 Å². The molecule has 1 amide bonds. The largest absolute Gasteiger partial charge is 0.447 e. The summed E-state index contributed by atoms with van der Waals surface area (Å²) in [7, 11) is 0. The minimum atomic E-state index is -1.38. The van der Waals surface area contributed by atoms with Crippen LogP contribution in [0.25, 0.3) is 0 Å². The molecule has 1 aromatic rings. The lowest BCUT2D eigenvalue weighted by molar-refractivity contribution is -0.497. The molecule has 3 atom stereocenters. The molecule has 1 aliphatic rings. The molecule has 0 radical (unpaired) electrons. The maximum atomic E-state index is 12.8. The number of carbonyl (C=O) groups is 2. The Bertz CT molecular complexity index is 559. The maximum Gasteiger partial charge on any atom is 0.317 e. The maximum absolute atomic E-state index is 12.8. The van der Waals surface area contributed by atoms with E-state index in [2.05, 4.69) is 0 Å². The molecule has 0 bridgehead atoms. The van der Waals surface area contributed by atoms with Gasteiger partial charge in [0.05, 0.1) is 0 Å². The molecule has 1 saturated carbocycles. The zero-order valence-corrected chi connectivity index (χ0v) is 10.2. The van der Waals surface area contributed by atoms with Crippen LogP contribution in [0.5, 0.6) is 0 Å². The van der Waals surface area contributed by atoms with Crippen LogP contribution in [-0.2, 0) is 14.3 Å². The third kappa shape index (κ3) is 2.90. The van der Waals surface area contributed by atoms with Crippen LogP contribution in [0.3, 0.4) is 0 Å². The first-order valence-electron chi connectivity index (χ1n) is 5.79. The van der Waals surface area contributed by atoms with Gasteiger partial charge in [-0.3, -0.25) is 19.7 Å². The summed E-state index contributed by atoms with van der Waals surface area (Å²) in [6, 6.07) is 3.74. The summed E-state index contributed by atoms with van der Waals surface area (Å²) in [5, 5.41) is 10.5. The van der Waals surface area contributed by atoms with Crippen LogP contribution in [0.1, 0.15) is 18.1 Å². The van der Waals surface area contributed by atoms with Gasteiger partial charge >= 0.3 is 5.97 Å². The Kier molecular flexibility index (Phi) is 3.64. The van der Waals surface area contributed by atoms with Gasteiger partial charge < -0.3 is 10.5 Å². The average molecular weight is 282 g/mol. The molecule has 3 unspecified atom stereocenters. The molecule has 1 aliphatic carbocycles. The van der Waals surface area contributed by atoms with Gasteiger partial charge in [0.15, 0.2) is 0 Å². The summed E-state index contributed by atoms with van der Waals surface area (Å²) in [6.07, 6.45) is -1.29. The third-order valence-corrected chi connectivity index (χ3v) is 3.00. The highest BCUT2D eigenvalue weighted by molar-refractivity contribution is 5.85. The number of halogens is 1. The van der Waals surface area contributed by atoms with Crippen LogP contribution in [0, 0.1) is 21.8 Å². The van der Waals surface area contributed by atoms with Crippen molar-refractivity contribution in [2.75, 3.05) is 0 Å². The normalized spacial score (nSPS) is 21.9. The second-order valence-electron chi connectivity index (χ2n) is 4.47. The van der Waals surface area contributed by atoms with Gasteiger partial charge in [0, 0.05) is 16.9 Å². The van der Waals surface area contributed by atoms with Gasteiger partial charge in [-0.15, -0.1) is 0 Å². The van der Waals surface area contributed by atoms with Crippen molar-refractivity contribution in [1.82, 2.24) is 0 Å². The van der Waals surface area contributed by atoms with E-state index in [9.17, 15) is 24.1 Å². The van der Waals surface area contributed by atoms with Crippen molar-refractivity contribution in [1.29, 1.82) is 0 Å². The van der Waals surface area contributed by atoms with Crippen molar-refractivity contribution in [3.63, 3.8) is 0 Å². The summed E-state index contributed by atoms with van der Waals surface area (Å²) >= 11 is 0. The molecule has 7 nitrogen and oxygen atoms in total. The smallest absolute Gasteiger partial charge is 0.317 e. The lowest BCUT2D eigenvalue weighted by Gasteiger charge is -2.14. The van der Waals surface area contributed by atoms with Gasteiger partial charge in [0.25, 0.3) is 5.91 Å². The predicted molar refractivity (Wildman–Crippen MR) is 63.3 cm³/mol. The van der Waals surface area contributed by atoms with Crippen molar-refractivity contribution >= 4 is 11.9 Å². The van der Waals surface area contributed by atoms with E-state index < -0.39 is 40.7 Å². The molecule has 1 fully saturated rings. The van der Waals surface area contributed by atoms with E-state index in [0.29, 0.717) is 0 Å². The fraction of sp³-hybridized carbons (Fsp3) is 0.333. The van der Waals surface area contributed by atoms with Crippen LogP contribution in [-0.4, -0.2) is 22.8 Å². The number of rotatable bonds is 5. The fourth-order valence-electron chi connectivity index (χ4n) is 1.80. The van der Waals surface area contributed by atoms with Crippen molar-refractivity contribution < 1.29 is 23.6 Å². The second-order valence-corrected chi connectivity index (χ2v) is 4.47. The molecule has 0 heterocycles. The van der Waals surface area contributed by atoms with Crippen molar-refractivity contribution in [3.05, 3.63) is 45.8 Å². The Balaban J connectivity index is 2.07. The fourth-order valence-corrected chi connectivity index (χ4v) is 1.80. The van der Waals surface area contributed by atoms with Gasteiger partial charge in [0.1, 0.15) is 11.7 Å². The van der Waals surface area contributed by atoms with Crippen LogP contribution < -0.4 is 5.73 Å². The first-order chi connectivity index (χ1) is 9.40. The number of nitrogens with two attached hydrogens (primary N) is 1. The zero-order chi connectivity index (χ0) is 14.9. The summed E-state index contributed by atoms with van der Waals surface area (Å²) in [5.41, 5.74) is 5.34. The number of nitro groups is 1. The molecular weight excluding hydrogens is 271 g/mol. The van der Waals surface area contributed by atoms with Crippen LogP contribution in [0.2, 0.25) is 0 Å². The Morgan fingerprint density at radius 2 is 2.00 bits per heavy atom. The molecule has 20 heavy (non-hydrogen) atoms. The van der Waals surface area contributed by atoms with Crippen molar-refractivity contribution in [3.8, 4) is 0 Å². The molecule has 2 N–H and O–H groups in total. The molecule has 8 heteroatoms. The van der Waals surface area contributed by atoms with Gasteiger partial charge in [-0.05, 0) is 12.1 Å². The highest BCUT2D eigenvalue weighted by atomic mass is 19.1. The molecule has 0 aliphatic heterocycles. The molecule has 0 aromatic heterocycles. The molecule has 106 valence electrons. The number of nitrogens with zero attached hydrogens (tertiary/aromatic N) is 1. The number of hydrogen-bond acceptors (Lipinski definition) is 5. The quantitative estimate of drug-likeness (QED) is 0.481. The van der Waals surface area contributed by atoms with E-state index >= 15 is 0 Å². The van der Waals surface area contributed by atoms with Crippen LogP contribution in [0.4, 0.5) is 4.39 Å². The number of amides is 1. The summed E-state index contributed by atoms with van der Waals surface area (Å²) in [4.78, 5) is 32.9. The monoisotopic (exact) mass is 282 g/mol. The molecule has 2 rings (SSSR count). The molecular formula is C12H11FN2O5. The number of benzene rings is 1. The summed E-state index contributed by atoms with van der Waals surface area (Å²) in [6.45, 7) is 0. The zero-order valence-electron chi connectivity index (χ0n) is 10.2. The molecule has 1 aromatic carbocycles. The SMILES string of the molecule is NC(=O)C(OC(=O)C1CC1[N+](=O)[O-])c1ccc(F)cc1. The minimum absolute atomic E-state index is 0.0841. The first kappa shape index (κ1) is 13.9. The van der Waals surface area contributed by atoms with E-state index in [1.54, 1.807) is 0 Å². The summed E-state index contributed by atoms with van der Waals surface area (Å²) < 4.78 is 17.7. The lowest BCUT2D eigenvalue weighted by atomic mass is 10.1. The van der Waals surface area contributed by atoms with Gasteiger partial charge in [0.2, 0.25) is 12.1 Å². The minimum Gasteiger partial charge on any atom is -0.447 e. The van der Waals surface area contributed by atoms with Gasteiger partial charge in [-0.1, -0.05) is 12.1 Å². The first-order valence-corrected chi connectivity index (χ1v) is 5.79. The molecule has 0 spiro atoms. The summed E-state index contributed by atoms with van der Waals surface area (Å²) in [5.74, 6) is -3.14. The number of ether oxygens (including phenoxy) is 1. The Labute approximate surface area is 112 Å². The van der Waals surface area contributed by atoms with Gasteiger partial charge in [-0.2, -0.15) is 0 Å². The number of esters is 1. The molecule has 0 saturated heterocycles. The van der Waals surface area contributed by atoms with E-state index in [1.807, 2.05) is 0 Å². The van der Waals surface area contributed by atoms with Crippen molar-refractivity contribution in [2.45, 2.75) is 18.6 Å². The predicted octanol–water partition coefficient (Wildman–Crippen LogP) is 0.560. The number of primary amides is 1. The Hall–Kier alpha value is -2.51. The van der Waals surface area contributed by atoms with Crippen LogP contribution >= 0.6 is 0 Å². The van der Waals surface area contributed by atoms with E-state index in [4.69, 9.17) is 10.5 Å². The third-order valence-electron chi connectivity index (χ3n) is 3.00. The average Bonchev–Trinajstić information content (AvgIpc) is 3.17. The highest BCUT2D eigenvalue weighted by Crippen LogP contribution is 2.35. The number of hydrogen-bond donors (Lipinski definition) is 1. The van der Waals surface area contributed by atoms with Crippen LogP contribution in [0.15, 0.2) is 24.3 Å². The van der Waals surface area contributed by atoms with Crippen molar-refractivity contribution in [2.24, 2.45) is 11.7 Å². The second kappa shape index (κ2) is 5.24.